The molecule has 0 radical (unpaired) electrons. The molecule has 1 unspecified atom stereocenters. The summed E-state index contributed by atoms with van der Waals surface area (Å²) < 4.78 is 17.0. The summed E-state index contributed by atoms with van der Waals surface area (Å²) in [5, 5.41) is 3.05. The molecule has 1 spiro atoms. The van der Waals surface area contributed by atoms with Gasteiger partial charge in [-0.3, -0.25) is 4.99 Å². The first-order chi connectivity index (χ1) is 10.7. The van der Waals surface area contributed by atoms with Crippen LogP contribution in [-0.4, -0.2) is 38.1 Å². The number of guanidine groups is 1. The molecule has 1 saturated carbocycles. The third kappa shape index (κ3) is 3.51. The molecule has 0 bridgehead atoms. The van der Waals surface area contributed by atoms with Gasteiger partial charge in [-0.25, -0.2) is 0 Å². The van der Waals surface area contributed by atoms with Gasteiger partial charge in [-0.05, 0) is 37.1 Å². The maximum absolute atomic E-state index is 6.01. The molecule has 1 aliphatic carbocycles. The van der Waals surface area contributed by atoms with Crippen molar-refractivity contribution in [2.45, 2.75) is 37.6 Å². The molecule has 1 aromatic rings. The summed E-state index contributed by atoms with van der Waals surface area (Å²) >= 11 is 0. The molecular weight excluding hydrogens is 282 g/mol. The molecule has 1 aliphatic heterocycles. The van der Waals surface area contributed by atoms with Crippen LogP contribution in [0.5, 0.6) is 5.75 Å². The zero-order chi connectivity index (χ0) is 15.4. The van der Waals surface area contributed by atoms with Crippen LogP contribution in [0.3, 0.4) is 0 Å². The minimum absolute atomic E-state index is 0.00526. The van der Waals surface area contributed by atoms with Crippen LogP contribution < -0.4 is 15.8 Å². The fourth-order valence-corrected chi connectivity index (χ4v) is 2.94. The van der Waals surface area contributed by atoms with Gasteiger partial charge >= 0.3 is 0 Å². The van der Waals surface area contributed by atoms with Crippen molar-refractivity contribution in [2.24, 2.45) is 10.7 Å². The zero-order valence-electron chi connectivity index (χ0n) is 12.9. The Labute approximate surface area is 130 Å². The third-order valence-corrected chi connectivity index (χ3v) is 4.11. The van der Waals surface area contributed by atoms with Gasteiger partial charge in [0.15, 0.2) is 11.7 Å². The van der Waals surface area contributed by atoms with E-state index < -0.39 is 0 Å². The molecule has 2 aliphatic rings. The minimum Gasteiger partial charge on any atom is -0.497 e. The number of benzene rings is 1. The number of nitrogens with two attached hydrogens (primary N) is 1. The highest BCUT2D eigenvalue weighted by Gasteiger charge is 2.43. The number of rotatable bonds is 4. The van der Waals surface area contributed by atoms with E-state index in [1.54, 1.807) is 7.11 Å². The number of hydrogen-bond donors (Lipinski definition) is 2. The van der Waals surface area contributed by atoms with Crippen molar-refractivity contribution in [3.63, 3.8) is 0 Å². The Bertz CT molecular complexity index is 524. The second-order valence-electron chi connectivity index (χ2n) is 5.75. The molecule has 2 fully saturated rings. The molecule has 0 aromatic heterocycles. The van der Waals surface area contributed by atoms with Crippen LogP contribution in [0.2, 0.25) is 0 Å². The SMILES string of the molecule is COc1ccc(NC(N)=NCC2COC3(CCCC3)O2)cc1. The predicted molar refractivity (Wildman–Crippen MR) is 85.1 cm³/mol. The third-order valence-electron chi connectivity index (χ3n) is 4.11. The van der Waals surface area contributed by atoms with Crippen molar-refractivity contribution in [1.29, 1.82) is 0 Å². The summed E-state index contributed by atoms with van der Waals surface area (Å²) in [5.41, 5.74) is 6.78. The Morgan fingerprint density at radius 1 is 1.36 bits per heavy atom. The first-order valence-electron chi connectivity index (χ1n) is 7.72. The van der Waals surface area contributed by atoms with Crippen LogP contribution in [0, 0.1) is 0 Å². The average Bonchev–Trinajstić information content (AvgIpc) is 3.16. The molecule has 1 saturated heterocycles. The molecule has 3 N–H and O–H groups in total. The highest BCUT2D eigenvalue weighted by atomic mass is 16.7. The molecular formula is C16H23N3O3. The molecule has 1 aromatic carbocycles. The molecule has 6 heteroatoms. The smallest absolute Gasteiger partial charge is 0.193 e. The van der Waals surface area contributed by atoms with Crippen molar-refractivity contribution < 1.29 is 14.2 Å². The molecule has 3 rings (SSSR count). The van der Waals surface area contributed by atoms with Gasteiger partial charge in [0.05, 0.1) is 20.3 Å². The zero-order valence-corrected chi connectivity index (χ0v) is 12.9. The minimum atomic E-state index is -0.335. The van der Waals surface area contributed by atoms with Gasteiger partial charge in [0.1, 0.15) is 11.9 Å². The van der Waals surface area contributed by atoms with Crippen LogP contribution in [0.4, 0.5) is 5.69 Å². The van der Waals surface area contributed by atoms with Crippen molar-refractivity contribution in [3.8, 4) is 5.75 Å². The number of ether oxygens (including phenoxy) is 3. The van der Waals surface area contributed by atoms with Crippen molar-refractivity contribution >= 4 is 11.6 Å². The molecule has 6 nitrogen and oxygen atoms in total. The van der Waals surface area contributed by atoms with Crippen LogP contribution in [-0.2, 0) is 9.47 Å². The van der Waals surface area contributed by atoms with Gasteiger partial charge in [-0.15, -0.1) is 0 Å². The molecule has 22 heavy (non-hydrogen) atoms. The van der Waals surface area contributed by atoms with E-state index in [0.717, 1.165) is 24.3 Å². The van der Waals surface area contributed by atoms with Crippen molar-refractivity contribution in [1.82, 2.24) is 0 Å². The van der Waals surface area contributed by atoms with E-state index in [9.17, 15) is 0 Å². The first kappa shape index (κ1) is 15.1. The van der Waals surface area contributed by atoms with Gasteiger partial charge in [0.25, 0.3) is 0 Å². The normalized spacial score (nSPS) is 23.9. The van der Waals surface area contributed by atoms with Gasteiger partial charge < -0.3 is 25.3 Å². The highest BCUT2D eigenvalue weighted by Crippen LogP contribution is 2.39. The molecule has 0 amide bonds. The van der Waals surface area contributed by atoms with Crippen LogP contribution >= 0.6 is 0 Å². The Morgan fingerprint density at radius 2 is 2.09 bits per heavy atom. The summed E-state index contributed by atoms with van der Waals surface area (Å²) in [6.07, 6.45) is 4.34. The van der Waals surface area contributed by atoms with Crippen molar-refractivity contribution in [2.75, 3.05) is 25.6 Å². The second-order valence-corrected chi connectivity index (χ2v) is 5.75. The van der Waals surface area contributed by atoms with Gasteiger partial charge in [-0.1, -0.05) is 0 Å². The summed E-state index contributed by atoms with van der Waals surface area (Å²) in [5.74, 6) is 0.846. The Kier molecular flexibility index (Phi) is 4.49. The van der Waals surface area contributed by atoms with E-state index >= 15 is 0 Å². The van der Waals surface area contributed by atoms with Gasteiger partial charge in [-0.2, -0.15) is 0 Å². The van der Waals surface area contributed by atoms with Gasteiger partial charge in [0, 0.05) is 18.5 Å². The van der Waals surface area contributed by atoms with E-state index in [0.29, 0.717) is 19.1 Å². The highest BCUT2D eigenvalue weighted by molar-refractivity contribution is 5.92. The van der Waals surface area contributed by atoms with Crippen LogP contribution in [0.15, 0.2) is 29.3 Å². The van der Waals surface area contributed by atoms with E-state index in [2.05, 4.69) is 10.3 Å². The van der Waals surface area contributed by atoms with Gasteiger partial charge in [0.2, 0.25) is 0 Å². The number of nitrogens with zero attached hydrogens (tertiary/aromatic N) is 1. The van der Waals surface area contributed by atoms with Crippen molar-refractivity contribution in [3.05, 3.63) is 24.3 Å². The summed E-state index contributed by atoms with van der Waals surface area (Å²) in [6.45, 7) is 1.11. The number of methoxy groups -OCH3 is 1. The monoisotopic (exact) mass is 305 g/mol. The number of nitrogens with one attached hydrogen (secondary N) is 1. The standard InChI is InChI=1S/C16H23N3O3/c1-20-13-6-4-12(5-7-13)19-15(17)18-10-14-11-21-16(22-14)8-2-3-9-16/h4-7,14H,2-3,8-11H2,1H3,(H3,17,18,19). The van der Waals surface area contributed by atoms with E-state index in [1.807, 2.05) is 24.3 Å². The fourth-order valence-electron chi connectivity index (χ4n) is 2.94. The lowest BCUT2D eigenvalue weighted by molar-refractivity contribution is -0.160. The van der Waals surface area contributed by atoms with E-state index in [1.165, 1.54) is 12.8 Å². The van der Waals surface area contributed by atoms with E-state index in [-0.39, 0.29) is 11.9 Å². The topological polar surface area (TPSA) is 78.1 Å². The van der Waals surface area contributed by atoms with Crippen LogP contribution in [0.25, 0.3) is 0 Å². The summed E-state index contributed by atoms with van der Waals surface area (Å²) in [4.78, 5) is 4.35. The fraction of sp³-hybridized carbons (Fsp3) is 0.562. The lowest BCUT2D eigenvalue weighted by Gasteiger charge is -2.21. The Hall–Kier alpha value is -1.79. The molecule has 1 atom stereocenters. The quantitative estimate of drug-likeness (QED) is 0.658. The summed E-state index contributed by atoms with van der Waals surface area (Å²) in [6, 6.07) is 7.52. The molecule has 1 heterocycles. The Morgan fingerprint density at radius 3 is 2.77 bits per heavy atom. The average molecular weight is 305 g/mol. The van der Waals surface area contributed by atoms with E-state index in [4.69, 9.17) is 19.9 Å². The maximum atomic E-state index is 6.01. The second kappa shape index (κ2) is 6.54. The maximum Gasteiger partial charge on any atom is 0.193 e. The van der Waals surface area contributed by atoms with Crippen LogP contribution in [0.1, 0.15) is 25.7 Å². The largest absolute Gasteiger partial charge is 0.497 e. The predicted octanol–water partition coefficient (Wildman–Crippen LogP) is 2.11. The number of hydrogen-bond acceptors (Lipinski definition) is 4. The number of aliphatic imine (C=N–C) groups is 1. The summed E-state index contributed by atoms with van der Waals surface area (Å²) in [7, 11) is 1.64. The number of anilines is 1. The lowest BCUT2D eigenvalue weighted by atomic mass is 10.2. The first-order valence-corrected chi connectivity index (χ1v) is 7.72. The lowest BCUT2D eigenvalue weighted by Crippen LogP contribution is -2.28. The Balaban J connectivity index is 1.49. The molecule has 120 valence electrons.